The van der Waals surface area contributed by atoms with Crippen molar-refractivity contribution in [3.8, 4) is 23.0 Å². The van der Waals surface area contributed by atoms with Crippen LogP contribution in [0.4, 0.5) is 0 Å². The Morgan fingerprint density at radius 1 is 0.551 bits per heavy atom. The number of epoxide rings is 2. The molecule has 0 aromatic heterocycles. The smallest absolute Gasteiger partial charge is 0.119 e. The summed E-state index contributed by atoms with van der Waals surface area (Å²) < 4.78 is 37.4. The molecule has 0 amide bonds. The second-order valence-corrected chi connectivity index (χ2v) is 13.5. The van der Waals surface area contributed by atoms with Crippen molar-refractivity contribution in [1.82, 2.24) is 0 Å². The van der Waals surface area contributed by atoms with Gasteiger partial charge in [-0.05, 0) is 70.8 Å². The van der Waals surface area contributed by atoms with Gasteiger partial charge in [0.25, 0.3) is 0 Å². The summed E-state index contributed by atoms with van der Waals surface area (Å²) in [6.45, 7) is 12.2. The highest BCUT2D eigenvalue weighted by Gasteiger charge is 2.26. The van der Waals surface area contributed by atoms with Crippen LogP contribution in [0.2, 0.25) is 0 Å². The number of aliphatic hydroxyl groups is 1. The van der Waals surface area contributed by atoms with E-state index in [1.165, 1.54) is 22.3 Å². The van der Waals surface area contributed by atoms with Crippen molar-refractivity contribution in [1.29, 1.82) is 0 Å². The van der Waals surface area contributed by atoms with E-state index in [-0.39, 0.29) is 36.3 Å². The highest BCUT2D eigenvalue weighted by molar-refractivity contribution is 5.43. The lowest BCUT2D eigenvalue weighted by Crippen LogP contribution is -2.22. The van der Waals surface area contributed by atoms with Gasteiger partial charge in [0.15, 0.2) is 0 Å². The van der Waals surface area contributed by atoms with Crippen molar-refractivity contribution in [2.45, 2.75) is 56.8 Å². The summed E-state index contributed by atoms with van der Waals surface area (Å²) in [7, 11) is 3.24. The Morgan fingerprint density at radius 2 is 0.878 bits per heavy atom. The molecule has 0 radical (unpaired) electrons. The summed E-state index contributed by atoms with van der Waals surface area (Å²) in [5.41, 5.74) is 4.70. The molecule has 8 nitrogen and oxygen atoms in total. The Kier molecular flexibility index (Phi) is 12.2. The molecule has 2 fully saturated rings. The van der Waals surface area contributed by atoms with E-state index in [1.807, 2.05) is 48.5 Å². The van der Waals surface area contributed by atoms with Gasteiger partial charge in [-0.1, -0.05) is 76.2 Å². The largest absolute Gasteiger partial charge is 0.497 e. The van der Waals surface area contributed by atoms with Crippen molar-refractivity contribution in [2.75, 3.05) is 53.9 Å². The van der Waals surface area contributed by atoms with Gasteiger partial charge in [0.2, 0.25) is 0 Å². The predicted molar refractivity (Wildman–Crippen MR) is 190 cm³/mol. The Labute approximate surface area is 290 Å². The van der Waals surface area contributed by atoms with Crippen molar-refractivity contribution in [3.05, 3.63) is 119 Å². The van der Waals surface area contributed by atoms with Gasteiger partial charge in [0.05, 0.1) is 26.9 Å². The second kappa shape index (κ2) is 16.5. The average Bonchev–Trinajstić information content (AvgIpc) is 4.06. The van der Waals surface area contributed by atoms with Crippen LogP contribution in [0.5, 0.6) is 23.0 Å². The first kappa shape index (κ1) is 36.2. The zero-order valence-corrected chi connectivity index (χ0v) is 29.5. The van der Waals surface area contributed by atoms with Gasteiger partial charge >= 0.3 is 0 Å². The number of hydrogen-bond acceptors (Lipinski definition) is 8. The maximum absolute atomic E-state index is 9.67. The van der Waals surface area contributed by atoms with Gasteiger partial charge in [-0.15, -0.1) is 0 Å². The van der Waals surface area contributed by atoms with Gasteiger partial charge in [-0.25, -0.2) is 0 Å². The number of methoxy groups -OCH3 is 2. The molecular weight excluding hydrogens is 620 g/mol. The molecule has 3 atom stereocenters. The first-order valence-electron chi connectivity index (χ1n) is 16.8. The van der Waals surface area contributed by atoms with E-state index >= 15 is 0 Å². The van der Waals surface area contributed by atoms with E-state index in [1.54, 1.807) is 14.2 Å². The Balaban J connectivity index is 0.000000195. The number of aliphatic hydroxyl groups excluding tert-OH is 1. The van der Waals surface area contributed by atoms with E-state index in [2.05, 4.69) is 76.2 Å². The first-order valence-corrected chi connectivity index (χ1v) is 16.8. The third kappa shape index (κ3) is 10.5. The van der Waals surface area contributed by atoms with E-state index in [4.69, 9.17) is 33.2 Å². The molecule has 2 saturated heterocycles. The molecule has 49 heavy (non-hydrogen) atoms. The zero-order chi connectivity index (χ0) is 34.9. The van der Waals surface area contributed by atoms with Crippen LogP contribution in [-0.2, 0) is 25.0 Å². The van der Waals surface area contributed by atoms with Crippen LogP contribution in [0, 0.1) is 0 Å². The number of rotatable bonds is 16. The lowest BCUT2D eigenvalue weighted by molar-refractivity contribution is 0.0325. The number of benzene rings is 4. The summed E-state index contributed by atoms with van der Waals surface area (Å²) in [6.07, 6.45) is -0.0776. The quantitative estimate of drug-likeness (QED) is 0.128. The summed E-state index contributed by atoms with van der Waals surface area (Å²) in [6, 6.07) is 32.8. The maximum atomic E-state index is 9.67. The molecule has 4 aromatic rings. The minimum Gasteiger partial charge on any atom is -0.497 e. The summed E-state index contributed by atoms with van der Waals surface area (Å²) in [4.78, 5) is 0. The highest BCUT2D eigenvalue weighted by Crippen LogP contribution is 2.35. The molecular formula is C41H50O8. The second-order valence-electron chi connectivity index (χ2n) is 13.5. The van der Waals surface area contributed by atoms with Gasteiger partial charge in [-0.2, -0.15) is 0 Å². The molecule has 0 saturated carbocycles. The fraction of sp³-hybridized carbons (Fsp3) is 0.415. The zero-order valence-electron chi connectivity index (χ0n) is 29.5. The molecule has 0 spiro atoms. The lowest BCUT2D eigenvalue weighted by Gasteiger charge is -2.26. The lowest BCUT2D eigenvalue weighted by atomic mass is 9.78. The van der Waals surface area contributed by atoms with Gasteiger partial charge < -0.3 is 38.3 Å². The van der Waals surface area contributed by atoms with Crippen LogP contribution in [-0.4, -0.2) is 77.3 Å². The Hall–Kier alpha value is -4.08. The first-order chi connectivity index (χ1) is 23.6. The number of ether oxygens (including phenoxy) is 7. The summed E-state index contributed by atoms with van der Waals surface area (Å²) in [5.74, 6) is 3.37. The average molecular weight is 671 g/mol. The highest BCUT2D eigenvalue weighted by atomic mass is 16.6. The predicted octanol–water partition coefficient (Wildman–Crippen LogP) is 6.97. The van der Waals surface area contributed by atoms with Gasteiger partial charge in [0, 0.05) is 17.9 Å². The van der Waals surface area contributed by atoms with Crippen molar-refractivity contribution < 1.29 is 38.3 Å². The molecule has 1 N–H and O–H groups in total. The van der Waals surface area contributed by atoms with E-state index < -0.39 is 6.10 Å². The van der Waals surface area contributed by atoms with E-state index in [0.717, 1.165) is 36.2 Å². The van der Waals surface area contributed by atoms with E-state index in [9.17, 15) is 5.11 Å². The van der Waals surface area contributed by atoms with Crippen molar-refractivity contribution in [2.24, 2.45) is 0 Å². The molecule has 262 valence electrons. The maximum Gasteiger partial charge on any atom is 0.119 e. The molecule has 2 aliphatic heterocycles. The van der Waals surface area contributed by atoms with Gasteiger partial charge in [-0.3, -0.25) is 0 Å². The van der Waals surface area contributed by atoms with Crippen molar-refractivity contribution >= 4 is 0 Å². The standard InChI is InChI=1S/C22H28O5.C19H22O3/c1-22(2,17-6-10-20(11-7-17)26-14-21-15-27-21)16-4-8-19(9-5-16)25-13-18(23)12-24-3;1-19(2,14-4-8-16(20-3)9-5-14)15-6-10-17(11-7-15)21-12-18-13-22-18/h4-11,18,21,23H,12-15H2,1-3H3;4-11,18H,12-13H2,1-3H3. The summed E-state index contributed by atoms with van der Waals surface area (Å²) in [5, 5.41) is 9.67. The molecule has 8 heteroatoms. The molecule has 4 aromatic carbocycles. The molecule has 2 heterocycles. The monoisotopic (exact) mass is 670 g/mol. The topological polar surface area (TPSA) is 91.4 Å². The van der Waals surface area contributed by atoms with Gasteiger partial charge in [0.1, 0.15) is 61.1 Å². The van der Waals surface area contributed by atoms with Crippen molar-refractivity contribution in [3.63, 3.8) is 0 Å². The van der Waals surface area contributed by atoms with Crippen LogP contribution < -0.4 is 18.9 Å². The minimum absolute atomic E-state index is 0.0651. The number of hydrogen-bond donors (Lipinski definition) is 1. The van der Waals surface area contributed by atoms with Crippen LogP contribution in [0.3, 0.4) is 0 Å². The molecule has 3 unspecified atom stereocenters. The minimum atomic E-state index is -0.627. The molecule has 0 bridgehead atoms. The van der Waals surface area contributed by atoms with Crippen LogP contribution >= 0.6 is 0 Å². The van der Waals surface area contributed by atoms with E-state index in [0.29, 0.717) is 13.2 Å². The molecule has 2 aliphatic rings. The molecule has 0 aliphatic carbocycles. The third-order valence-electron chi connectivity index (χ3n) is 9.02. The van der Waals surface area contributed by atoms with Crippen LogP contribution in [0.25, 0.3) is 0 Å². The van der Waals surface area contributed by atoms with Crippen LogP contribution in [0.15, 0.2) is 97.1 Å². The molecule has 6 rings (SSSR count). The SMILES string of the molecule is COCC(O)COc1ccc(C(C)(C)c2ccc(OCC3CO3)cc2)cc1.COc1ccc(C(C)(C)c2ccc(OCC3CO3)cc2)cc1. The Morgan fingerprint density at radius 3 is 1.18 bits per heavy atom. The van der Waals surface area contributed by atoms with Crippen LogP contribution in [0.1, 0.15) is 49.9 Å². The summed E-state index contributed by atoms with van der Waals surface area (Å²) >= 11 is 0. The normalized spacial score (nSPS) is 17.3. The fourth-order valence-electron chi connectivity index (χ4n) is 5.38. The Bertz CT molecular complexity index is 1560. The third-order valence-corrected chi connectivity index (χ3v) is 9.02. The fourth-order valence-corrected chi connectivity index (χ4v) is 5.38.